The Hall–Kier alpha value is -2.56. The molecule has 22 heavy (non-hydrogen) atoms. The van der Waals surface area contributed by atoms with Crippen LogP contribution in [0.2, 0.25) is 0 Å². The third-order valence-corrected chi connectivity index (χ3v) is 4.85. The summed E-state index contributed by atoms with van der Waals surface area (Å²) in [7, 11) is 0. The van der Waals surface area contributed by atoms with Crippen molar-refractivity contribution in [1.29, 1.82) is 0 Å². The highest BCUT2D eigenvalue weighted by molar-refractivity contribution is 5.56. The van der Waals surface area contributed by atoms with Crippen LogP contribution in [-0.2, 0) is 5.41 Å². The molecular formula is C17H15N3O2. The first-order valence-electron chi connectivity index (χ1n) is 7.57. The van der Waals surface area contributed by atoms with E-state index in [1.54, 1.807) is 6.20 Å². The minimum atomic E-state index is -0.0766. The standard InChI is InChI=1S/C17H15N3O2/c1-4-12(16-13(5-1)21-11-22-16)17(6-2-7-17)14-10-15-18-8-3-9-20(15)19-14/h1,3-5,8-10H,2,6-7,11H2. The van der Waals surface area contributed by atoms with E-state index in [0.29, 0.717) is 6.79 Å². The van der Waals surface area contributed by atoms with Crippen molar-refractivity contribution in [2.45, 2.75) is 24.7 Å². The third-order valence-electron chi connectivity index (χ3n) is 4.85. The van der Waals surface area contributed by atoms with Gasteiger partial charge in [-0.05, 0) is 25.0 Å². The van der Waals surface area contributed by atoms with E-state index in [4.69, 9.17) is 14.6 Å². The summed E-state index contributed by atoms with van der Waals surface area (Å²) < 4.78 is 13.1. The number of aromatic nitrogens is 3. The molecule has 110 valence electrons. The zero-order valence-corrected chi connectivity index (χ0v) is 12.0. The third kappa shape index (κ3) is 1.48. The highest BCUT2D eigenvalue weighted by Gasteiger charge is 2.45. The van der Waals surface area contributed by atoms with Gasteiger partial charge in [-0.15, -0.1) is 0 Å². The Bertz CT molecular complexity index is 834. The van der Waals surface area contributed by atoms with E-state index >= 15 is 0 Å². The SMILES string of the molecule is c1cc2c(c(C3(c4cc5ncccn5n4)CCC3)c1)OCO2. The fourth-order valence-corrected chi connectivity index (χ4v) is 3.56. The van der Waals surface area contributed by atoms with Crippen LogP contribution in [0.4, 0.5) is 0 Å². The van der Waals surface area contributed by atoms with Gasteiger partial charge < -0.3 is 9.47 Å². The predicted molar refractivity (Wildman–Crippen MR) is 80.2 cm³/mol. The van der Waals surface area contributed by atoms with Gasteiger partial charge >= 0.3 is 0 Å². The van der Waals surface area contributed by atoms with Gasteiger partial charge in [0, 0.05) is 29.4 Å². The van der Waals surface area contributed by atoms with E-state index in [-0.39, 0.29) is 5.41 Å². The molecule has 0 spiro atoms. The average Bonchev–Trinajstić information content (AvgIpc) is 3.12. The molecule has 0 atom stereocenters. The lowest BCUT2D eigenvalue weighted by molar-refractivity contribution is 0.170. The number of hydrogen-bond acceptors (Lipinski definition) is 4. The maximum absolute atomic E-state index is 5.73. The molecule has 0 unspecified atom stereocenters. The van der Waals surface area contributed by atoms with Crippen molar-refractivity contribution in [1.82, 2.24) is 14.6 Å². The van der Waals surface area contributed by atoms with Gasteiger partial charge in [-0.2, -0.15) is 5.10 Å². The Balaban J connectivity index is 1.71. The molecule has 1 aromatic carbocycles. The predicted octanol–water partition coefficient (Wildman–Crippen LogP) is 2.93. The zero-order chi connectivity index (χ0) is 14.6. The van der Waals surface area contributed by atoms with Crippen LogP contribution in [0.3, 0.4) is 0 Å². The number of fused-ring (bicyclic) bond motifs is 2. The lowest BCUT2D eigenvalue weighted by Crippen LogP contribution is -2.36. The summed E-state index contributed by atoms with van der Waals surface area (Å²) in [5, 5.41) is 4.77. The van der Waals surface area contributed by atoms with Crippen molar-refractivity contribution in [3.05, 3.63) is 54.0 Å². The second-order valence-corrected chi connectivity index (χ2v) is 5.93. The van der Waals surface area contributed by atoms with Gasteiger partial charge in [-0.3, -0.25) is 0 Å². The molecule has 0 saturated heterocycles. The van der Waals surface area contributed by atoms with E-state index < -0.39 is 0 Å². The van der Waals surface area contributed by atoms with E-state index in [1.165, 1.54) is 12.0 Å². The molecule has 5 heteroatoms. The Morgan fingerprint density at radius 2 is 2.09 bits per heavy atom. The van der Waals surface area contributed by atoms with Gasteiger partial charge in [0.05, 0.1) is 5.69 Å². The Morgan fingerprint density at radius 1 is 1.14 bits per heavy atom. The number of para-hydroxylation sites is 1. The van der Waals surface area contributed by atoms with Crippen LogP contribution in [0, 0.1) is 0 Å². The summed E-state index contributed by atoms with van der Waals surface area (Å²) >= 11 is 0. The first-order valence-corrected chi connectivity index (χ1v) is 7.57. The molecular weight excluding hydrogens is 278 g/mol. The summed E-state index contributed by atoms with van der Waals surface area (Å²) in [4.78, 5) is 4.38. The number of hydrogen-bond donors (Lipinski definition) is 0. The second kappa shape index (κ2) is 4.22. The zero-order valence-electron chi connectivity index (χ0n) is 12.0. The summed E-state index contributed by atoms with van der Waals surface area (Å²) in [6.07, 6.45) is 7.10. The molecule has 0 bridgehead atoms. The van der Waals surface area contributed by atoms with Gasteiger partial charge in [0.2, 0.25) is 6.79 Å². The first kappa shape index (κ1) is 12.0. The molecule has 0 N–H and O–H groups in total. The van der Waals surface area contributed by atoms with Crippen molar-refractivity contribution in [2.24, 2.45) is 0 Å². The fourth-order valence-electron chi connectivity index (χ4n) is 3.56. The second-order valence-electron chi connectivity index (χ2n) is 5.93. The highest BCUT2D eigenvalue weighted by Crippen LogP contribution is 2.54. The molecule has 2 aliphatic rings. The van der Waals surface area contributed by atoms with Gasteiger partial charge in [0.1, 0.15) is 0 Å². The number of rotatable bonds is 2. The van der Waals surface area contributed by atoms with Crippen LogP contribution in [0.15, 0.2) is 42.7 Å². The smallest absolute Gasteiger partial charge is 0.231 e. The quantitative estimate of drug-likeness (QED) is 0.729. The van der Waals surface area contributed by atoms with Crippen molar-refractivity contribution < 1.29 is 9.47 Å². The molecule has 1 aliphatic carbocycles. The number of ether oxygens (including phenoxy) is 2. The van der Waals surface area contributed by atoms with Crippen LogP contribution < -0.4 is 9.47 Å². The maximum Gasteiger partial charge on any atom is 0.231 e. The van der Waals surface area contributed by atoms with Crippen LogP contribution >= 0.6 is 0 Å². The maximum atomic E-state index is 5.73. The van der Waals surface area contributed by atoms with Gasteiger partial charge in [0.25, 0.3) is 0 Å². The Morgan fingerprint density at radius 3 is 2.91 bits per heavy atom. The lowest BCUT2D eigenvalue weighted by Gasteiger charge is -2.41. The summed E-state index contributed by atoms with van der Waals surface area (Å²) in [6.45, 7) is 0.301. The van der Waals surface area contributed by atoms with Crippen molar-refractivity contribution in [3.8, 4) is 11.5 Å². The van der Waals surface area contributed by atoms with Crippen LogP contribution in [0.1, 0.15) is 30.5 Å². The van der Waals surface area contributed by atoms with E-state index in [2.05, 4.69) is 17.1 Å². The van der Waals surface area contributed by atoms with E-state index in [9.17, 15) is 0 Å². The number of benzene rings is 1. The molecule has 0 amide bonds. The van der Waals surface area contributed by atoms with Crippen LogP contribution in [0.25, 0.3) is 5.65 Å². The van der Waals surface area contributed by atoms with Crippen LogP contribution in [0.5, 0.6) is 11.5 Å². The van der Waals surface area contributed by atoms with Gasteiger partial charge in [0.15, 0.2) is 17.1 Å². The largest absolute Gasteiger partial charge is 0.454 e. The lowest BCUT2D eigenvalue weighted by atomic mass is 9.62. The fraction of sp³-hybridized carbons (Fsp3) is 0.294. The Kier molecular flexibility index (Phi) is 2.31. The van der Waals surface area contributed by atoms with Crippen molar-refractivity contribution in [3.63, 3.8) is 0 Å². The molecule has 3 heterocycles. The first-order chi connectivity index (χ1) is 10.9. The van der Waals surface area contributed by atoms with Crippen molar-refractivity contribution >= 4 is 5.65 Å². The molecule has 3 aromatic rings. The molecule has 5 nitrogen and oxygen atoms in total. The average molecular weight is 293 g/mol. The Labute approximate surface area is 127 Å². The van der Waals surface area contributed by atoms with E-state index in [0.717, 1.165) is 35.7 Å². The molecule has 5 rings (SSSR count). The molecule has 1 fully saturated rings. The monoisotopic (exact) mass is 293 g/mol. The topological polar surface area (TPSA) is 48.7 Å². The molecule has 1 saturated carbocycles. The minimum absolute atomic E-state index is 0.0766. The van der Waals surface area contributed by atoms with Gasteiger partial charge in [-0.25, -0.2) is 9.50 Å². The van der Waals surface area contributed by atoms with E-state index in [1.807, 2.05) is 28.9 Å². The molecule has 0 radical (unpaired) electrons. The van der Waals surface area contributed by atoms with Gasteiger partial charge in [-0.1, -0.05) is 18.6 Å². The molecule has 1 aliphatic heterocycles. The minimum Gasteiger partial charge on any atom is -0.454 e. The summed E-state index contributed by atoms with van der Waals surface area (Å²) in [6, 6.07) is 10.1. The number of nitrogens with zero attached hydrogens (tertiary/aromatic N) is 3. The van der Waals surface area contributed by atoms with Crippen LogP contribution in [-0.4, -0.2) is 21.4 Å². The summed E-state index contributed by atoms with van der Waals surface area (Å²) in [5.74, 6) is 1.72. The highest BCUT2D eigenvalue weighted by atomic mass is 16.7. The normalized spacial score (nSPS) is 18.4. The van der Waals surface area contributed by atoms with Crippen molar-refractivity contribution in [2.75, 3.05) is 6.79 Å². The summed E-state index contributed by atoms with van der Waals surface area (Å²) in [5.41, 5.74) is 3.07. The molecule has 2 aromatic heterocycles.